The molecular weight excluding hydrogens is 325 g/mol. The van der Waals surface area contributed by atoms with E-state index in [9.17, 15) is 15.0 Å². The van der Waals surface area contributed by atoms with Crippen molar-refractivity contribution < 1.29 is 15.0 Å². The second-order valence-corrected chi connectivity index (χ2v) is 11.6. The zero-order valence-corrected chi connectivity index (χ0v) is 15.5. The molecule has 0 aromatic carbocycles. The Morgan fingerprint density at radius 2 is 2.12 bits per heavy atom. The average Bonchev–Trinajstić information content (AvgIpc) is 2.72. The monoisotopic (exact) mass is 353 g/mol. The molecule has 3 N–H and O–H groups in total. The molecule has 6 nitrogen and oxygen atoms in total. The number of amidine groups is 1. The van der Waals surface area contributed by atoms with Crippen LogP contribution in [0.1, 0.15) is 19.8 Å². The highest BCUT2D eigenvalue weighted by Crippen LogP contribution is 2.41. The first kappa shape index (κ1) is 19.0. The number of hydrogen-bond donors (Lipinski definition) is 3. The fraction of sp³-hybridized carbons (Fsp3) is 0.588. The fourth-order valence-electron chi connectivity index (χ4n) is 3.20. The normalized spacial score (nSPS) is 30.5. The van der Waals surface area contributed by atoms with E-state index in [4.69, 9.17) is 0 Å². The Hall–Kier alpha value is -1.36. The van der Waals surface area contributed by atoms with Crippen molar-refractivity contribution in [3.05, 3.63) is 24.7 Å². The van der Waals surface area contributed by atoms with Gasteiger partial charge >= 0.3 is 0 Å². The zero-order valence-electron chi connectivity index (χ0n) is 14.6. The smallest absolute Gasteiger partial charge is 0.222 e. The Kier molecular flexibility index (Phi) is 5.74. The van der Waals surface area contributed by atoms with Crippen LogP contribution >= 0.6 is 6.89 Å². The maximum Gasteiger partial charge on any atom is 0.222 e. The quantitative estimate of drug-likeness (QED) is 0.659. The first-order valence-corrected chi connectivity index (χ1v) is 11.2. The number of amides is 1. The molecule has 0 saturated heterocycles. The molecule has 0 spiro atoms. The van der Waals surface area contributed by atoms with Crippen molar-refractivity contribution in [1.29, 1.82) is 0 Å². The lowest BCUT2D eigenvalue weighted by Gasteiger charge is -2.32. The van der Waals surface area contributed by atoms with Gasteiger partial charge in [0.15, 0.2) is 0 Å². The molecule has 1 fully saturated rings. The predicted octanol–water partition coefficient (Wildman–Crippen LogP) is 1.03. The molecule has 1 unspecified atom stereocenters. The van der Waals surface area contributed by atoms with Crippen molar-refractivity contribution in [1.82, 2.24) is 10.2 Å². The van der Waals surface area contributed by atoms with E-state index in [1.807, 2.05) is 0 Å². The van der Waals surface area contributed by atoms with Gasteiger partial charge in [-0.1, -0.05) is 6.58 Å². The van der Waals surface area contributed by atoms with Crippen LogP contribution in [0.4, 0.5) is 0 Å². The average molecular weight is 353 g/mol. The standard InChI is InChI=1S/C17H28N3O3P/c1-11-18-15(19-12(2)21)6-8-20(11)14-10-13(16(22)17(14)23)7-9-24(3,4)5/h6,8,13-14,16-17,22-23H,1,3,7,9-10H2,2,4-5H3,(H,18,19,21)/t13-,14?,16+,17-/m0/s1. The molecule has 4 atom stereocenters. The first-order chi connectivity index (χ1) is 11.1. The topological polar surface area (TPSA) is 85.2 Å². The molecule has 1 aliphatic heterocycles. The summed E-state index contributed by atoms with van der Waals surface area (Å²) in [6, 6.07) is -0.261. The number of aliphatic imine (C=N–C) groups is 1. The SMILES string of the molecule is C=C1N=C(NC(C)=O)C=CN1C1C[C@H](CCP(=C)(C)C)[C@@H](O)[C@H]1O. The second kappa shape index (κ2) is 7.26. The summed E-state index contributed by atoms with van der Waals surface area (Å²) in [5.74, 6) is 0.725. The Balaban J connectivity index is 2.04. The minimum Gasteiger partial charge on any atom is -0.390 e. The zero-order chi connectivity index (χ0) is 18.1. The summed E-state index contributed by atoms with van der Waals surface area (Å²) in [6.07, 6.45) is 8.58. The van der Waals surface area contributed by atoms with E-state index in [1.165, 1.54) is 6.92 Å². The van der Waals surface area contributed by atoms with E-state index in [0.717, 1.165) is 12.6 Å². The van der Waals surface area contributed by atoms with Gasteiger partial charge in [0.05, 0.1) is 12.1 Å². The highest BCUT2D eigenvalue weighted by atomic mass is 31.2. The van der Waals surface area contributed by atoms with Gasteiger partial charge in [0, 0.05) is 13.1 Å². The van der Waals surface area contributed by atoms with E-state index >= 15 is 0 Å². The maximum absolute atomic E-state index is 11.1. The Bertz CT molecular complexity index is 623. The number of carbonyl (C=O) groups is 1. The van der Waals surface area contributed by atoms with E-state index in [1.54, 1.807) is 17.2 Å². The molecule has 7 heteroatoms. The van der Waals surface area contributed by atoms with Gasteiger partial charge in [0.2, 0.25) is 5.91 Å². The third-order valence-corrected chi connectivity index (χ3v) is 5.95. The number of rotatable bonds is 4. The van der Waals surface area contributed by atoms with Crippen LogP contribution in [-0.4, -0.2) is 70.9 Å². The van der Waals surface area contributed by atoms with Gasteiger partial charge in [-0.05, 0) is 44.3 Å². The van der Waals surface area contributed by atoms with Crippen molar-refractivity contribution in [2.45, 2.75) is 38.0 Å². The number of carbonyl (C=O) groups excluding carboxylic acids is 1. The molecular formula is C17H28N3O3P. The minimum atomic E-state index is -1.15. The van der Waals surface area contributed by atoms with E-state index in [-0.39, 0.29) is 17.9 Å². The van der Waals surface area contributed by atoms with Gasteiger partial charge in [-0.15, -0.1) is 13.2 Å². The summed E-state index contributed by atoms with van der Waals surface area (Å²) < 4.78 is 0. The molecule has 1 heterocycles. The molecule has 24 heavy (non-hydrogen) atoms. The summed E-state index contributed by atoms with van der Waals surface area (Å²) >= 11 is 0. The molecule has 2 rings (SSSR count). The van der Waals surface area contributed by atoms with Crippen molar-refractivity contribution in [3.63, 3.8) is 0 Å². The number of hydrogen-bond acceptors (Lipinski definition) is 5. The third kappa shape index (κ3) is 4.59. The van der Waals surface area contributed by atoms with Crippen LogP contribution in [0.15, 0.2) is 29.7 Å². The van der Waals surface area contributed by atoms with Crippen LogP contribution < -0.4 is 5.32 Å². The molecule has 2 aliphatic rings. The molecule has 1 saturated carbocycles. The predicted molar refractivity (Wildman–Crippen MR) is 101 cm³/mol. The minimum absolute atomic E-state index is 0.0490. The summed E-state index contributed by atoms with van der Waals surface area (Å²) in [7, 11) is 0. The second-order valence-electron chi connectivity index (χ2n) is 7.31. The Labute approximate surface area is 143 Å². The summed E-state index contributed by atoms with van der Waals surface area (Å²) in [5, 5.41) is 23.4. The number of nitrogens with zero attached hydrogens (tertiary/aromatic N) is 2. The molecule has 0 radical (unpaired) electrons. The largest absolute Gasteiger partial charge is 0.390 e. The van der Waals surface area contributed by atoms with E-state index < -0.39 is 19.1 Å². The van der Waals surface area contributed by atoms with Crippen molar-refractivity contribution in [3.8, 4) is 0 Å². The highest BCUT2D eigenvalue weighted by molar-refractivity contribution is 7.72. The third-order valence-electron chi connectivity index (χ3n) is 4.48. The highest BCUT2D eigenvalue weighted by Gasteiger charge is 2.44. The molecule has 0 bridgehead atoms. The van der Waals surface area contributed by atoms with Crippen LogP contribution in [0.3, 0.4) is 0 Å². The summed E-state index contributed by atoms with van der Waals surface area (Å²) in [5.41, 5.74) is 0. The number of aliphatic hydroxyl groups excluding tert-OH is 2. The molecule has 1 amide bonds. The lowest BCUT2D eigenvalue weighted by atomic mass is 10.0. The number of aliphatic hydroxyl groups is 2. The maximum atomic E-state index is 11.1. The molecule has 0 aromatic heterocycles. The van der Waals surface area contributed by atoms with Crippen LogP contribution in [0.25, 0.3) is 0 Å². The van der Waals surface area contributed by atoms with Crippen LogP contribution in [0.5, 0.6) is 0 Å². The van der Waals surface area contributed by atoms with Gasteiger partial charge in [-0.2, -0.15) is 0 Å². The lowest BCUT2D eigenvalue weighted by Crippen LogP contribution is -2.41. The van der Waals surface area contributed by atoms with E-state index in [0.29, 0.717) is 18.1 Å². The molecule has 134 valence electrons. The van der Waals surface area contributed by atoms with Crippen molar-refractivity contribution >= 4 is 24.9 Å². The van der Waals surface area contributed by atoms with Gasteiger partial charge in [0.1, 0.15) is 17.8 Å². The van der Waals surface area contributed by atoms with Crippen molar-refractivity contribution in [2.24, 2.45) is 10.9 Å². The van der Waals surface area contributed by atoms with E-state index in [2.05, 4.69) is 36.5 Å². The number of nitrogens with one attached hydrogen (secondary N) is 1. The van der Waals surface area contributed by atoms with Gasteiger partial charge in [0.25, 0.3) is 0 Å². The Morgan fingerprint density at radius 3 is 2.67 bits per heavy atom. The molecule has 0 aromatic rings. The van der Waals surface area contributed by atoms with Gasteiger partial charge < -0.3 is 20.4 Å². The lowest BCUT2D eigenvalue weighted by molar-refractivity contribution is -0.117. The van der Waals surface area contributed by atoms with Crippen LogP contribution in [-0.2, 0) is 4.79 Å². The fourth-order valence-corrected chi connectivity index (χ4v) is 4.23. The Morgan fingerprint density at radius 1 is 1.46 bits per heavy atom. The first-order valence-electron chi connectivity index (χ1n) is 8.13. The molecule has 1 aliphatic carbocycles. The van der Waals surface area contributed by atoms with Gasteiger partial charge in [-0.3, -0.25) is 4.79 Å². The van der Waals surface area contributed by atoms with Crippen molar-refractivity contribution in [2.75, 3.05) is 19.5 Å². The van der Waals surface area contributed by atoms with Crippen LogP contribution in [0.2, 0.25) is 0 Å². The van der Waals surface area contributed by atoms with Gasteiger partial charge in [-0.25, -0.2) is 4.99 Å². The summed E-state index contributed by atoms with van der Waals surface area (Å²) in [4.78, 5) is 17.1. The van der Waals surface area contributed by atoms with Crippen LogP contribution in [0, 0.1) is 5.92 Å². The summed E-state index contributed by atoms with van der Waals surface area (Å²) in [6.45, 7) is 8.53.